The van der Waals surface area contributed by atoms with Crippen molar-refractivity contribution in [3.63, 3.8) is 0 Å². The third-order valence-electron chi connectivity index (χ3n) is 3.91. The van der Waals surface area contributed by atoms with E-state index in [9.17, 15) is 0 Å². The van der Waals surface area contributed by atoms with Crippen molar-refractivity contribution in [2.75, 3.05) is 18.9 Å². The lowest BCUT2D eigenvalue weighted by Crippen LogP contribution is -2.32. The van der Waals surface area contributed by atoms with E-state index in [1.807, 2.05) is 0 Å². The van der Waals surface area contributed by atoms with Crippen LogP contribution in [0.3, 0.4) is 0 Å². The molecule has 0 spiro atoms. The lowest BCUT2D eigenvalue weighted by Gasteiger charge is -2.31. The van der Waals surface area contributed by atoms with Gasteiger partial charge in [0.05, 0.1) is 6.61 Å². The van der Waals surface area contributed by atoms with Crippen LogP contribution in [-0.4, -0.2) is 24.2 Å². The monoisotopic (exact) mass is 307 g/mol. The summed E-state index contributed by atoms with van der Waals surface area (Å²) in [6.45, 7) is 6.27. The number of hydrogen-bond acceptors (Lipinski definition) is 3. The number of benzene rings is 1. The highest BCUT2D eigenvalue weighted by atomic mass is 32.2. The van der Waals surface area contributed by atoms with Crippen LogP contribution in [-0.2, 0) is 0 Å². The zero-order valence-corrected chi connectivity index (χ0v) is 14.3. The van der Waals surface area contributed by atoms with Gasteiger partial charge in [-0.1, -0.05) is 32.4 Å². The molecule has 1 N–H and O–H groups in total. The minimum absolute atomic E-state index is 0.482. The Hall–Kier alpha value is -0.670. The second-order valence-electron chi connectivity index (χ2n) is 5.75. The zero-order valence-electron chi connectivity index (χ0n) is 13.4. The molecule has 0 saturated carbocycles. The molecule has 1 heterocycles. The molecule has 0 bridgehead atoms. The summed E-state index contributed by atoms with van der Waals surface area (Å²) in [4.78, 5) is 0. The molecular weight excluding hydrogens is 278 g/mol. The van der Waals surface area contributed by atoms with Gasteiger partial charge in [0.15, 0.2) is 0 Å². The standard InChI is InChI=1S/C18H29NOS/c1-3-12-19-18(17-7-5-6-14-21-17)15-8-10-16(11-9-15)20-13-4-2/h8-11,17-19H,3-7,12-14H2,1-2H3. The second kappa shape index (κ2) is 9.37. The van der Waals surface area contributed by atoms with Gasteiger partial charge in [-0.3, -0.25) is 0 Å². The Morgan fingerprint density at radius 2 is 2.00 bits per heavy atom. The van der Waals surface area contributed by atoms with Crippen LogP contribution in [0, 0.1) is 0 Å². The van der Waals surface area contributed by atoms with Gasteiger partial charge in [0.25, 0.3) is 0 Å². The van der Waals surface area contributed by atoms with Crippen LogP contribution >= 0.6 is 11.8 Å². The molecule has 21 heavy (non-hydrogen) atoms. The maximum absolute atomic E-state index is 5.69. The third-order valence-corrected chi connectivity index (χ3v) is 5.37. The van der Waals surface area contributed by atoms with E-state index in [-0.39, 0.29) is 0 Å². The Bertz CT molecular complexity index is 387. The molecule has 1 fully saturated rings. The molecule has 0 aromatic heterocycles. The average molecular weight is 308 g/mol. The van der Waals surface area contributed by atoms with E-state index in [2.05, 4.69) is 55.2 Å². The minimum Gasteiger partial charge on any atom is -0.494 e. The number of nitrogens with one attached hydrogen (secondary N) is 1. The van der Waals surface area contributed by atoms with Gasteiger partial charge in [0, 0.05) is 11.3 Å². The van der Waals surface area contributed by atoms with Gasteiger partial charge in [-0.05, 0) is 55.7 Å². The number of rotatable bonds is 8. The fourth-order valence-corrected chi connectivity index (χ4v) is 4.24. The van der Waals surface area contributed by atoms with Crippen LogP contribution in [0.2, 0.25) is 0 Å². The lowest BCUT2D eigenvalue weighted by atomic mass is 9.99. The SMILES string of the molecule is CCCNC(c1ccc(OCCC)cc1)C1CCCCS1. The molecule has 1 aliphatic rings. The van der Waals surface area contributed by atoms with E-state index in [1.54, 1.807) is 0 Å². The van der Waals surface area contributed by atoms with Crippen LogP contribution < -0.4 is 10.1 Å². The van der Waals surface area contributed by atoms with E-state index in [1.165, 1.54) is 37.0 Å². The molecule has 2 rings (SSSR count). The topological polar surface area (TPSA) is 21.3 Å². The van der Waals surface area contributed by atoms with Crippen molar-refractivity contribution in [3.8, 4) is 5.75 Å². The van der Waals surface area contributed by atoms with E-state index in [0.29, 0.717) is 11.3 Å². The molecule has 1 aliphatic heterocycles. The van der Waals surface area contributed by atoms with Gasteiger partial charge in [0.2, 0.25) is 0 Å². The van der Waals surface area contributed by atoms with Crippen LogP contribution in [0.1, 0.15) is 57.6 Å². The molecular formula is C18H29NOS. The zero-order chi connectivity index (χ0) is 14.9. The van der Waals surface area contributed by atoms with Crippen LogP contribution in [0.5, 0.6) is 5.75 Å². The summed E-state index contributed by atoms with van der Waals surface area (Å²) in [6, 6.07) is 9.22. The van der Waals surface area contributed by atoms with Gasteiger partial charge in [-0.25, -0.2) is 0 Å². The van der Waals surface area contributed by atoms with Crippen LogP contribution in [0.15, 0.2) is 24.3 Å². The molecule has 0 aliphatic carbocycles. The smallest absolute Gasteiger partial charge is 0.119 e. The summed E-state index contributed by atoms with van der Waals surface area (Å²) in [6.07, 6.45) is 6.33. The van der Waals surface area contributed by atoms with Crippen molar-refractivity contribution in [1.29, 1.82) is 0 Å². The molecule has 2 nitrogen and oxygen atoms in total. The van der Waals surface area contributed by atoms with Crippen molar-refractivity contribution in [3.05, 3.63) is 29.8 Å². The van der Waals surface area contributed by atoms with Gasteiger partial charge in [-0.2, -0.15) is 11.8 Å². The van der Waals surface area contributed by atoms with Gasteiger partial charge < -0.3 is 10.1 Å². The molecule has 2 unspecified atom stereocenters. The van der Waals surface area contributed by atoms with Crippen molar-refractivity contribution >= 4 is 11.8 Å². The predicted octanol–water partition coefficient (Wildman–Crippen LogP) is 4.80. The first-order valence-electron chi connectivity index (χ1n) is 8.43. The Labute approximate surface area is 134 Å². The molecule has 1 saturated heterocycles. The summed E-state index contributed by atoms with van der Waals surface area (Å²) >= 11 is 2.14. The van der Waals surface area contributed by atoms with E-state index in [0.717, 1.165) is 25.3 Å². The predicted molar refractivity (Wildman–Crippen MR) is 93.4 cm³/mol. The highest BCUT2D eigenvalue weighted by molar-refractivity contribution is 8.00. The van der Waals surface area contributed by atoms with E-state index < -0.39 is 0 Å². The quantitative estimate of drug-likeness (QED) is 0.745. The van der Waals surface area contributed by atoms with E-state index >= 15 is 0 Å². The molecule has 0 radical (unpaired) electrons. The Kier molecular flexibility index (Phi) is 7.45. The minimum atomic E-state index is 0.482. The third kappa shape index (κ3) is 5.23. The molecule has 1 aromatic carbocycles. The van der Waals surface area contributed by atoms with Crippen LogP contribution in [0.25, 0.3) is 0 Å². The van der Waals surface area contributed by atoms with Crippen LogP contribution in [0.4, 0.5) is 0 Å². The summed E-state index contributed by atoms with van der Waals surface area (Å²) in [7, 11) is 0. The number of thioether (sulfide) groups is 1. The average Bonchev–Trinajstić information content (AvgIpc) is 2.55. The first kappa shape index (κ1) is 16.7. The first-order chi connectivity index (χ1) is 10.3. The first-order valence-corrected chi connectivity index (χ1v) is 9.47. The summed E-state index contributed by atoms with van der Waals surface area (Å²) in [5.41, 5.74) is 1.41. The van der Waals surface area contributed by atoms with Crippen molar-refractivity contribution in [2.24, 2.45) is 0 Å². The molecule has 2 atom stereocenters. The Morgan fingerprint density at radius 1 is 1.19 bits per heavy atom. The maximum Gasteiger partial charge on any atom is 0.119 e. The Balaban J connectivity index is 2.04. The van der Waals surface area contributed by atoms with Gasteiger partial charge >= 0.3 is 0 Å². The number of ether oxygens (including phenoxy) is 1. The molecule has 1 aromatic rings. The molecule has 118 valence electrons. The highest BCUT2D eigenvalue weighted by Gasteiger charge is 2.25. The highest BCUT2D eigenvalue weighted by Crippen LogP contribution is 2.35. The summed E-state index contributed by atoms with van der Waals surface area (Å²) < 4.78 is 5.69. The van der Waals surface area contributed by atoms with Crippen molar-refractivity contribution < 1.29 is 4.74 Å². The lowest BCUT2D eigenvalue weighted by molar-refractivity contribution is 0.317. The molecule has 0 amide bonds. The van der Waals surface area contributed by atoms with E-state index in [4.69, 9.17) is 4.74 Å². The summed E-state index contributed by atoms with van der Waals surface area (Å²) in [5.74, 6) is 2.30. The van der Waals surface area contributed by atoms with Crippen molar-refractivity contribution in [1.82, 2.24) is 5.32 Å². The second-order valence-corrected chi connectivity index (χ2v) is 7.10. The van der Waals surface area contributed by atoms with Gasteiger partial charge in [0.1, 0.15) is 5.75 Å². The molecule has 3 heteroatoms. The fraction of sp³-hybridized carbons (Fsp3) is 0.667. The maximum atomic E-state index is 5.69. The number of hydrogen-bond donors (Lipinski definition) is 1. The van der Waals surface area contributed by atoms with Gasteiger partial charge in [-0.15, -0.1) is 0 Å². The largest absolute Gasteiger partial charge is 0.494 e. The van der Waals surface area contributed by atoms with Crippen molar-refractivity contribution in [2.45, 2.75) is 57.2 Å². The Morgan fingerprint density at radius 3 is 2.62 bits per heavy atom. The normalized spacial score (nSPS) is 20.2. The fourth-order valence-electron chi connectivity index (χ4n) is 2.78. The summed E-state index contributed by atoms with van der Waals surface area (Å²) in [5, 5.41) is 4.47.